The molecule has 0 unspecified atom stereocenters. The van der Waals surface area contributed by atoms with Crippen LogP contribution in [-0.4, -0.2) is 22.9 Å². The smallest absolute Gasteiger partial charge is 0.162 e. The van der Waals surface area contributed by atoms with Crippen LogP contribution < -0.4 is 5.32 Å². The molecule has 5 nitrogen and oxygen atoms in total. The second kappa shape index (κ2) is 6.54. The van der Waals surface area contributed by atoms with Gasteiger partial charge in [0.05, 0.1) is 6.54 Å². The highest BCUT2D eigenvalue weighted by atomic mass is 16.5. The lowest BCUT2D eigenvalue weighted by Gasteiger charge is -2.05. The Bertz CT molecular complexity index is 502. The number of aromatic nitrogens is 2. The van der Waals surface area contributed by atoms with Gasteiger partial charge in [-0.1, -0.05) is 19.0 Å². The SMILES string of the molecule is COCc1cc(Cn2ccc(CNC(C)C)c2)no1. The Morgan fingerprint density at radius 3 is 3.05 bits per heavy atom. The maximum Gasteiger partial charge on any atom is 0.162 e. The van der Waals surface area contributed by atoms with Crippen LogP contribution in [0.2, 0.25) is 0 Å². The first-order chi connectivity index (χ1) is 9.17. The highest BCUT2D eigenvalue weighted by molar-refractivity contribution is 5.13. The first-order valence-corrected chi connectivity index (χ1v) is 6.49. The molecule has 2 aromatic heterocycles. The average Bonchev–Trinajstić information content (AvgIpc) is 2.98. The third-order valence-electron chi connectivity index (χ3n) is 2.77. The quantitative estimate of drug-likeness (QED) is 0.831. The summed E-state index contributed by atoms with van der Waals surface area (Å²) in [6, 6.07) is 4.54. The van der Waals surface area contributed by atoms with E-state index in [-0.39, 0.29) is 0 Å². The number of nitrogens with one attached hydrogen (secondary N) is 1. The summed E-state index contributed by atoms with van der Waals surface area (Å²) in [5, 5.41) is 7.42. The molecule has 0 aliphatic rings. The summed E-state index contributed by atoms with van der Waals surface area (Å²) in [5.41, 5.74) is 2.18. The molecule has 1 N–H and O–H groups in total. The van der Waals surface area contributed by atoms with Gasteiger partial charge >= 0.3 is 0 Å². The maximum atomic E-state index is 5.16. The van der Waals surface area contributed by atoms with E-state index < -0.39 is 0 Å². The fraction of sp³-hybridized carbons (Fsp3) is 0.500. The molecule has 2 rings (SSSR count). The molecule has 104 valence electrons. The van der Waals surface area contributed by atoms with Gasteiger partial charge in [-0.3, -0.25) is 0 Å². The standard InChI is InChI=1S/C14H21N3O2/c1-11(2)15-7-12-4-5-17(8-12)9-13-6-14(10-18-3)19-16-13/h4-6,8,11,15H,7,9-10H2,1-3H3. The number of rotatable bonds is 7. The van der Waals surface area contributed by atoms with Gasteiger partial charge in [0.15, 0.2) is 5.76 Å². The highest BCUT2D eigenvalue weighted by Crippen LogP contribution is 2.08. The Hall–Kier alpha value is -1.59. The van der Waals surface area contributed by atoms with Crippen molar-refractivity contribution in [3.63, 3.8) is 0 Å². The molecule has 0 bridgehead atoms. The lowest BCUT2D eigenvalue weighted by atomic mass is 10.3. The monoisotopic (exact) mass is 263 g/mol. The van der Waals surface area contributed by atoms with E-state index in [1.165, 1.54) is 5.56 Å². The van der Waals surface area contributed by atoms with Gasteiger partial charge in [0.2, 0.25) is 0 Å². The fourth-order valence-electron chi connectivity index (χ4n) is 1.84. The van der Waals surface area contributed by atoms with Crippen molar-refractivity contribution in [1.82, 2.24) is 15.0 Å². The largest absolute Gasteiger partial charge is 0.377 e. The predicted octanol–water partition coefficient (Wildman–Crippen LogP) is 2.17. The first-order valence-electron chi connectivity index (χ1n) is 6.49. The molecule has 0 amide bonds. The summed E-state index contributed by atoms with van der Waals surface area (Å²) in [6.45, 7) is 6.35. The Kier molecular flexibility index (Phi) is 4.76. The van der Waals surface area contributed by atoms with Gasteiger partial charge in [-0.2, -0.15) is 0 Å². The molecule has 19 heavy (non-hydrogen) atoms. The van der Waals surface area contributed by atoms with Crippen molar-refractivity contribution in [2.75, 3.05) is 7.11 Å². The van der Waals surface area contributed by atoms with Crippen LogP contribution in [-0.2, 0) is 24.4 Å². The van der Waals surface area contributed by atoms with Crippen LogP contribution >= 0.6 is 0 Å². The molecule has 0 aromatic carbocycles. The zero-order chi connectivity index (χ0) is 13.7. The third kappa shape index (κ3) is 4.22. The minimum atomic E-state index is 0.461. The molecule has 0 aliphatic carbocycles. The third-order valence-corrected chi connectivity index (χ3v) is 2.77. The van der Waals surface area contributed by atoms with Gasteiger partial charge in [0.25, 0.3) is 0 Å². The number of ether oxygens (including phenoxy) is 1. The van der Waals surface area contributed by atoms with E-state index in [2.05, 4.69) is 47.3 Å². The second-order valence-corrected chi connectivity index (χ2v) is 4.95. The van der Waals surface area contributed by atoms with Gasteiger partial charge in [-0.15, -0.1) is 0 Å². The van der Waals surface area contributed by atoms with Gasteiger partial charge in [0.1, 0.15) is 12.3 Å². The minimum Gasteiger partial charge on any atom is -0.377 e. The predicted molar refractivity (Wildman–Crippen MR) is 72.7 cm³/mol. The molecular weight excluding hydrogens is 242 g/mol. The Morgan fingerprint density at radius 2 is 2.32 bits per heavy atom. The van der Waals surface area contributed by atoms with Gasteiger partial charge in [0, 0.05) is 38.2 Å². The van der Waals surface area contributed by atoms with Crippen LogP contribution in [0.3, 0.4) is 0 Å². The van der Waals surface area contributed by atoms with Crippen molar-refractivity contribution in [1.29, 1.82) is 0 Å². The van der Waals surface area contributed by atoms with Crippen LogP contribution in [0.1, 0.15) is 30.9 Å². The maximum absolute atomic E-state index is 5.16. The summed E-state index contributed by atoms with van der Waals surface area (Å²) >= 11 is 0. The van der Waals surface area contributed by atoms with Crippen molar-refractivity contribution in [2.45, 2.75) is 39.6 Å². The van der Waals surface area contributed by atoms with Crippen LogP contribution in [0.25, 0.3) is 0 Å². The van der Waals surface area contributed by atoms with Gasteiger partial charge in [-0.05, 0) is 11.6 Å². The molecule has 2 aromatic rings. The lowest BCUT2D eigenvalue weighted by molar-refractivity contribution is 0.155. The zero-order valence-electron chi connectivity index (χ0n) is 11.7. The molecule has 2 heterocycles. The van der Waals surface area contributed by atoms with E-state index in [1.54, 1.807) is 7.11 Å². The van der Waals surface area contributed by atoms with Crippen molar-refractivity contribution < 1.29 is 9.26 Å². The first kappa shape index (κ1) is 13.8. The molecule has 0 saturated heterocycles. The molecule has 0 fully saturated rings. The Balaban J connectivity index is 1.91. The number of nitrogens with zero attached hydrogens (tertiary/aromatic N) is 2. The average molecular weight is 263 g/mol. The van der Waals surface area contributed by atoms with E-state index >= 15 is 0 Å². The summed E-state index contributed by atoms with van der Waals surface area (Å²) in [5.74, 6) is 0.756. The van der Waals surface area contributed by atoms with Crippen LogP contribution in [0.4, 0.5) is 0 Å². The molecule has 0 radical (unpaired) electrons. The Morgan fingerprint density at radius 1 is 1.47 bits per heavy atom. The van der Waals surface area contributed by atoms with E-state index in [0.717, 1.165) is 24.5 Å². The summed E-state index contributed by atoms with van der Waals surface area (Å²) in [7, 11) is 1.64. The fourth-order valence-corrected chi connectivity index (χ4v) is 1.84. The van der Waals surface area contributed by atoms with Crippen LogP contribution in [0.5, 0.6) is 0 Å². The highest BCUT2D eigenvalue weighted by Gasteiger charge is 2.05. The molecule has 0 saturated carbocycles. The van der Waals surface area contributed by atoms with Gasteiger partial charge in [-0.25, -0.2) is 0 Å². The summed E-state index contributed by atoms with van der Waals surface area (Å²) < 4.78 is 12.3. The van der Waals surface area contributed by atoms with Crippen LogP contribution in [0, 0.1) is 0 Å². The lowest BCUT2D eigenvalue weighted by Crippen LogP contribution is -2.21. The van der Waals surface area contributed by atoms with Gasteiger partial charge < -0.3 is 19.1 Å². The zero-order valence-corrected chi connectivity index (χ0v) is 11.7. The number of hydrogen-bond donors (Lipinski definition) is 1. The molecule has 0 atom stereocenters. The molecule has 0 aliphatic heterocycles. The summed E-state index contributed by atoms with van der Waals surface area (Å²) in [4.78, 5) is 0. The number of methoxy groups -OCH3 is 1. The van der Waals surface area contributed by atoms with E-state index in [4.69, 9.17) is 9.26 Å². The van der Waals surface area contributed by atoms with Crippen molar-refractivity contribution in [3.05, 3.63) is 41.5 Å². The Labute approximate surface area is 113 Å². The van der Waals surface area contributed by atoms with E-state index in [1.807, 2.05) is 6.07 Å². The van der Waals surface area contributed by atoms with Crippen molar-refractivity contribution in [3.8, 4) is 0 Å². The normalized spacial score (nSPS) is 11.4. The molecule has 5 heteroatoms. The van der Waals surface area contributed by atoms with Crippen LogP contribution in [0.15, 0.2) is 29.0 Å². The molecular formula is C14H21N3O2. The van der Waals surface area contributed by atoms with E-state index in [9.17, 15) is 0 Å². The minimum absolute atomic E-state index is 0.461. The molecule has 0 spiro atoms. The topological polar surface area (TPSA) is 52.2 Å². The van der Waals surface area contributed by atoms with Crippen molar-refractivity contribution in [2.24, 2.45) is 0 Å². The summed E-state index contributed by atoms with van der Waals surface area (Å²) in [6.07, 6.45) is 4.18. The van der Waals surface area contributed by atoms with Crippen molar-refractivity contribution >= 4 is 0 Å². The second-order valence-electron chi connectivity index (χ2n) is 4.95. The van der Waals surface area contributed by atoms with E-state index in [0.29, 0.717) is 12.6 Å². The number of hydrogen-bond acceptors (Lipinski definition) is 4.